The molecule has 6 N–H and O–H groups in total. The molecule has 0 radical (unpaired) electrons. The molecule has 310 valence electrons. The average Bonchev–Trinajstić information content (AvgIpc) is 3.07. The van der Waals surface area contributed by atoms with Gasteiger partial charge in [-0.05, 0) is 76.9 Å². The highest BCUT2D eigenvalue weighted by molar-refractivity contribution is 7.57. The van der Waals surface area contributed by atoms with E-state index in [-0.39, 0.29) is 47.0 Å². The van der Waals surface area contributed by atoms with Gasteiger partial charge in [0.05, 0.1) is 22.1 Å². The number of nitrogens with two attached hydrogens (primary N) is 1. The Labute approximate surface area is 328 Å². The molecule has 0 bridgehead atoms. The summed E-state index contributed by atoms with van der Waals surface area (Å²) < 4.78 is 63.9. The summed E-state index contributed by atoms with van der Waals surface area (Å²) in [6.45, 7) is 10.7. The molecule has 24 heteroatoms. The van der Waals surface area contributed by atoms with Crippen molar-refractivity contribution in [3.63, 3.8) is 0 Å². The SMILES string of the molecule is CCNc1nc(Cl)nc(NC(C)C)n1.CCOC(=O)C(C)OC(=O)c1cc(Oc2ccc(C(F)(F)F)cc2Cl)ccc1[N+](=O)[O-].CP(=O)(O)CCC(N)C(=O)O. The lowest BCUT2D eigenvalue weighted by Gasteiger charge is -2.13. The Morgan fingerprint density at radius 3 is 2.18 bits per heavy atom. The number of nitro benzene ring substituents is 1. The molecule has 0 spiro atoms. The summed E-state index contributed by atoms with van der Waals surface area (Å²) in [6, 6.07) is 4.61. The lowest BCUT2D eigenvalue weighted by atomic mass is 10.1. The van der Waals surface area contributed by atoms with Gasteiger partial charge in [0.25, 0.3) is 5.69 Å². The van der Waals surface area contributed by atoms with Crippen molar-refractivity contribution in [2.45, 2.75) is 65.4 Å². The fraction of sp³-hybridized carbons (Fsp3) is 0.438. The molecule has 3 atom stereocenters. The quantitative estimate of drug-likeness (QED) is 0.0464. The van der Waals surface area contributed by atoms with Crippen LogP contribution in [0.3, 0.4) is 0 Å². The Morgan fingerprint density at radius 1 is 1.05 bits per heavy atom. The van der Waals surface area contributed by atoms with Crippen LogP contribution in [0, 0.1) is 10.1 Å². The van der Waals surface area contributed by atoms with Crippen molar-refractivity contribution >= 4 is 66.1 Å². The fourth-order valence-corrected chi connectivity index (χ4v) is 4.87. The Kier molecular flexibility index (Phi) is 19.9. The number of carbonyl (C=O) groups is 3. The summed E-state index contributed by atoms with van der Waals surface area (Å²) in [6.07, 6.45) is -5.94. The number of benzene rings is 2. The first-order valence-corrected chi connectivity index (χ1v) is 19.3. The maximum Gasteiger partial charge on any atom is 0.416 e. The lowest BCUT2D eigenvalue weighted by molar-refractivity contribution is -0.385. The fourth-order valence-electron chi connectivity index (χ4n) is 3.73. The van der Waals surface area contributed by atoms with Crippen LogP contribution in [0.2, 0.25) is 10.3 Å². The molecular weight excluding hydrogens is 817 g/mol. The highest BCUT2D eigenvalue weighted by atomic mass is 35.5. The molecule has 56 heavy (non-hydrogen) atoms. The van der Waals surface area contributed by atoms with E-state index in [9.17, 15) is 42.2 Å². The molecule has 18 nitrogen and oxygen atoms in total. The maximum atomic E-state index is 12.8. The van der Waals surface area contributed by atoms with E-state index in [0.29, 0.717) is 18.0 Å². The van der Waals surface area contributed by atoms with Crippen molar-refractivity contribution in [2.24, 2.45) is 5.73 Å². The first kappa shape index (κ1) is 49.2. The number of halogens is 5. The minimum Gasteiger partial charge on any atom is -0.480 e. The largest absolute Gasteiger partial charge is 0.480 e. The number of rotatable bonds is 15. The van der Waals surface area contributed by atoms with Gasteiger partial charge in [0.15, 0.2) is 13.5 Å². The smallest absolute Gasteiger partial charge is 0.416 e. The average molecular weight is 859 g/mol. The summed E-state index contributed by atoms with van der Waals surface area (Å²) in [7, 11) is -3.10. The number of esters is 2. The van der Waals surface area contributed by atoms with Crippen molar-refractivity contribution in [1.29, 1.82) is 0 Å². The molecule has 3 unspecified atom stereocenters. The Hall–Kier alpha value is -4.82. The van der Waals surface area contributed by atoms with E-state index in [2.05, 4.69) is 25.6 Å². The van der Waals surface area contributed by atoms with Gasteiger partial charge < -0.3 is 40.6 Å². The van der Waals surface area contributed by atoms with Crippen LogP contribution in [-0.2, 0) is 29.8 Å². The second-order valence-corrected chi connectivity index (χ2v) is 14.9. The normalized spacial score (nSPS) is 13.0. The number of carbonyl (C=O) groups excluding carboxylic acids is 2. The van der Waals surface area contributed by atoms with Crippen LogP contribution in [0.1, 0.15) is 57.0 Å². The van der Waals surface area contributed by atoms with E-state index >= 15 is 0 Å². The monoisotopic (exact) mass is 857 g/mol. The Bertz CT molecular complexity index is 1870. The van der Waals surface area contributed by atoms with Crippen LogP contribution < -0.4 is 21.1 Å². The molecule has 1 aromatic heterocycles. The number of anilines is 2. The molecule has 2 aromatic carbocycles. The van der Waals surface area contributed by atoms with Gasteiger partial charge in [0, 0.05) is 37.5 Å². The van der Waals surface area contributed by atoms with Gasteiger partial charge in [0.2, 0.25) is 17.2 Å². The van der Waals surface area contributed by atoms with E-state index < -0.39 is 65.3 Å². The van der Waals surface area contributed by atoms with Crippen molar-refractivity contribution in [3.05, 3.63) is 67.9 Å². The number of ether oxygens (including phenoxy) is 3. The third-order valence-electron chi connectivity index (χ3n) is 6.31. The second kappa shape index (κ2) is 22.7. The van der Waals surface area contributed by atoms with Crippen LogP contribution in [0.5, 0.6) is 11.5 Å². The molecule has 0 fully saturated rings. The van der Waals surface area contributed by atoms with Crippen LogP contribution in [0.4, 0.5) is 30.8 Å². The minimum atomic E-state index is -4.61. The molecule has 0 saturated carbocycles. The third-order valence-corrected chi connectivity index (χ3v) is 7.86. The van der Waals surface area contributed by atoms with Gasteiger partial charge in [0.1, 0.15) is 23.1 Å². The van der Waals surface area contributed by atoms with E-state index in [4.69, 9.17) is 53.1 Å². The maximum absolute atomic E-state index is 12.8. The van der Waals surface area contributed by atoms with E-state index in [0.717, 1.165) is 36.9 Å². The second-order valence-electron chi connectivity index (χ2n) is 11.6. The predicted molar refractivity (Wildman–Crippen MR) is 200 cm³/mol. The molecule has 0 saturated heterocycles. The van der Waals surface area contributed by atoms with Gasteiger partial charge in [-0.2, -0.15) is 28.1 Å². The van der Waals surface area contributed by atoms with Gasteiger partial charge in [-0.1, -0.05) is 11.6 Å². The predicted octanol–water partition coefficient (Wildman–Crippen LogP) is 6.63. The van der Waals surface area contributed by atoms with Crippen molar-refractivity contribution in [1.82, 2.24) is 15.0 Å². The number of alkyl halides is 3. The molecule has 3 aromatic rings. The highest BCUT2D eigenvalue weighted by Crippen LogP contribution is 2.38. The number of aliphatic carboxylic acids is 1. The highest BCUT2D eigenvalue weighted by Gasteiger charge is 2.31. The number of aromatic nitrogens is 3. The first-order valence-electron chi connectivity index (χ1n) is 16.3. The summed E-state index contributed by atoms with van der Waals surface area (Å²) in [5.74, 6) is -2.51. The van der Waals surface area contributed by atoms with Gasteiger partial charge in [-0.15, -0.1) is 0 Å². The van der Waals surface area contributed by atoms with Crippen LogP contribution >= 0.6 is 30.6 Å². The summed E-state index contributed by atoms with van der Waals surface area (Å²) in [4.78, 5) is 65.3. The Balaban J connectivity index is 0.000000514. The standard InChI is InChI=1S/C19H15ClF3NO7.C8H14ClN5.C5H12NO4P/c1-3-29-17(25)10(2)30-18(26)13-9-12(5-6-15(13)24(27)28)31-16-7-4-11(8-14(16)20)19(21,22)23;1-4-10-7-12-6(9)13-8(14-7)11-5(2)3;1-11(9,10)3-2-4(6)5(7)8/h4-10H,3H2,1-2H3;5H,4H2,1-3H3,(H2,10,11,12,13,14);4H,2-3,6H2,1H3,(H,7,8)(H,9,10). The molecule has 0 amide bonds. The minimum absolute atomic E-state index is 0.0398. The molecular formula is C32H41Cl2F3N7O11P. The van der Waals surface area contributed by atoms with Crippen molar-refractivity contribution in [2.75, 3.05) is 36.6 Å². The molecule has 3 rings (SSSR count). The summed E-state index contributed by atoms with van der Waals surface area (Å²) in [5.41, 5.74) is 2.92. The molecule has 0 aliphatic heterocycles. The van der Waals surface area contributed by atoms with Crippen LogP contribution in [0.15, 0.2) is 36.4 Å². The van der Waals surface area contributed by atoms with Crippen molar-refractivity contribution < 1.29 is 61.3 Å². The van der Waals surface area contributed by atoms with E-state index in [1.54, 1.807) is 6.92 Å². The zero-order valence-electron chi connectivity index (χ0n) is 30.8. The number of nitrogens with one attached hydrogen (secondary N) is 2. The van der Waals surface area contributed by atoms with Gasteiger partial charge >= 0.3 is 24.1 Å². The number of carboxylic acid groups (broad SMARTS) is 1. The third kappa shape index (κ3) is 18.2. The number of hydrogen-bond donors (Lipinski definition) is 5. The molecule has 0 aliphatic carbocycles. The van der Waals surface area contributed by atoms with Gasteiger partial charge in [-0.3, -0.25) is 19.5 Å². The van der Waals surface area contributed by atoms with Crippen molar-refractivity contribution in [3.8, 4) is 11.5 Å². The number of nitro groups is 1. The number of hydrogen-bond acceptors (Lipinski definition) is 15. The van der Waals surface area contributed by atoms with Gasteiger partial charge in [-0.25, -0.2) is 9.59 Å². The summed E-state index contributed by atoms with van der Waals surface area (Å²) in [5, 5.41) is 25.4. The van der Waals surface area contributed by atoms with Crippen LogP contribution in [0.25, 0.3) is 0 Å². The summed E-state index contributed by atoms with van der Waals surface area (Å²) >= 11 is 11.6. The zero-order chi connectivity index (χ0) is 43.0. The first-order chi connectivity index (χ1) is 25.9. The number of carboxylic acids is 1. The van der Waals surface area contributed by atoms with E-state index in [1.807, 2.05) is 20.8 Å². The Morgan fingerprint density at radius 2 is 1.68 bits per heavy atom. The zero-order valence-corrected chi connectivity index (χ0v) is 33.2. The van der Waals surface area contributed by atoms with E-state index in [1.165, 1.54) is 13.6 Å². The molecule has 0 aliphatic rings. The lowest BCUT2D eigenvalue weighted by Crippen LogP contribution is -2.30. The topological polar surface area (TPSA) is 268 Å². The number of nitrogens with zero attached hydrogens (tertiary/aromatic N) is 4. The molecule has 1 heterocycles. The van der Waals surface area contributed by atoms with Crippen LogP contribution in [-0.4, -0.2) is 91.9 Å².